The van der Waals surface area contributed by atoms with E-state index in [0.717, 1.165) is 48.8 Å². The first-order valence-electron chi connectivity index (χ1n) is 9.88. The summed E-state index contributed by atoms with van der Waals surface area (Å²) in [4.78, 5) is 34.6. The van der Waals surface area contributed by atoms with Crippen LogP contribution in [0.3, 0.4) is 0 Å². The van der Waals surface area contributed by atoms with Crippen LogP contribution in [0, 0.1) is 0 Å². The first kappa shape index (κ1) is 18.5. The molecule has 9 heteroatoms. The minimum atomic E-state index is 0.0642. The summed E-state index contributed by atoms with van der Waals surface area (Å²) in [5.74, 6) is 0.0642. The van der Waals surface area contributed by atoms with Gasteiger partial charge < -0.3 is 4.98 Å². The van der Waals surface area contributed by atoms with Crippen LogP contribution in [0.1, 0.15) is 16.6 Å². The van der Waals surface area contributed by atoms with Crippen LogP contribution in [0.15, 0.2) is 61.2 Å². The Morgan fingerprint density at radius 3 is 2.75 bits per heavy atom. The van der Waals surface area contributed by atoms with E-state index in [1.165, 1.54) is 11.3 Å². The van der Waals surface area contributed by atoms with Crippen molar-refractivity contribution < 1.29 is 4.79 Å². The van der Waals surface area contributed by atoms with Crippen LogP contribution in [0.5, 0.6) is 0 Å². The zero-order chi connectivity index (χ0) is 21.7. The highest BCUT2D eigenvalue weighted by molar-refractivity contribution is 7.17. The molecule has 0 atom stereocenters. The molecule has 0 aliphatic rings. The van der Waals surface area contributed by atoms with Gasteiger partial charge >= 0.3 is 0 Å². The number of pyridine rings is 2. The lowest BCUT2D eigenvalue weighted by molar-refractivity contribution is 0.102. The van der Waals surface area contributed by atoms with E-state index in [-0.39, 0.29) is 5.78 Å². The van der Waals surface area contributed by atoms with Crippen LogP contribution >= 0.6 is 11.3 Å². The van der Waals surface area contributed by atoms with Gasteiger partial charge in [0.15, 0.2) is 5.78 Å². The van der Waals surface area contributed by atoms with E-state index >= 15 is 0 Å². The first-order chi connectivity index (χ1) is 15.7. The fourth-order valence-electron chi connectivity index (χ4n) is 3.70. The molecule has 0 unspecified atom stereocenters. The average Bonchev–Trinajstić information content (AvgIpc) is 3.56. The zero-order valence-corrected chi connectivity index (χ0v) is 17.6. The number of ketones is 1. The fourth-order valence-corrected chi connectivity index (χ4v) is 4.64. The summed E-state index contributed by atoms with van der Waals surface area (Å²) in [5, 5.41) is 8.51. The van der Waals surface area contributed by atoms with Crippen LogP contribution in [0.2, 0.25) is 0 Å². The number of thiophene rings is 1. The minimum Gasteiger partial charge on any atom is -0.338 e. The Hall–Kier alpha value is -4.24. The van der Waals surface area contributed by atoms with Gasteiger partial charge in [0, 0.05) is 34.4 Å². The van der Waals surface area contributed by atoms with Gasteiger partial charge in [0.25, 0.3) is 0 Å². The molecule has 0 aromatic carbocycles. The summed E-state index contributed by atoms with van der Waals surface area (Å²) in [6.45, 7) is 1.58. The molecule has 0 aliphatic carbocycles. The highest BCUT2D eigenvalue weighted by atomic mass is 32.1. The molecule has 32 heavy (non-hydrogen) atoms. The third kappa shape index (κ3) is 2.98. The smallest absolute Gasteiger partial charge is 0.169 e. The summed E-state index contributed by atoms with van der Waals surface area (Å²) < 4.78 is 0. The molecule has 0 saturated carbocycles. The monoisotopic (exact) mass is 437 g/mol. The van der Waals surface area contributed by atoms with Gasteiger partial charge in [-0.25, -0.2) is 9.97 Å². The number of fused-ring (bicyclic) bond motifs is 2. The number of carbonyl (C=O) groups is 1. The third-order valence-corrected chi connectivity index (χ3v) is 6.46. The van der Waals surface area contributed by atoms with Crippen molar-refractivity contribution in [2.75, 3.05) is 0 Å². The van der Waals surface area contributed by atoms with Gasteiger partial charge in [0.1, 0.15) is 22.6 Å². The SMILES string of the molecule is CC(=O)c1ccc(-c2ccnc3[nH]c(-c4n[nH]c5ccc(-c6cnccn6)nc45)cc23)s1. The van der Waals surface area contributed by atoms with Gasteiger partial charge in [-0.2, -0.15) is 5.10 Å². The third-order valence-electron chi connectivity index (χ3n) is 5.24. The molecule has 0 spiro atoms. The highest BCUT2D eigenvalue weighted by Gasteiger charge is 2.17. The average molecular weight is 437 g/mol. The molecule has 0 saturated heterocycles. The second kappa shape index (κ2) is 7.17. The van der Waals surface area contributed by atoms with Crippen molar-refractivity contribution in [1.82, 2.24) is 35.1 Å². The molecule has 6 heterocycles. The van der Waals surface area contributed by atoms with Gasteiger partial charge in [0.05, 0.1) is 28.0 Å². The molecule has 8 nitrogen and oxygen atoms in total. The number of carbonyl (C=O) groups excluding carboxylic acids is 1. The Labute approximate surface area is 185 Å². The maximum Gasteiger partial charge on any atom is 0.169 e. The molecule has 0 bridgehead atoms. The molecule has 0 radical (unpaired) electrons. The number of rotatable bonds is 4. The Morgan fingerprint density at radius 2 is 1.94 bits per heavy atom. The van der Waals surface area contributed by atoms with Crippen molar-refractivity contribution in [3.63, 3.8) is 0 Å². The predicted octanol–water partition coefficient (Wildman–Crippen LogP) is 4.89. The molecule has 154 valence electrons. The van der Waals surface area contributed by atoms with Gasteiger partial charge in [-0.05, 0) is 43.3 Å². The molecule has 6 aromatic rings. The summed E-state index contributed by atoms with van der Waals surface area (Å²) in [6, 6.07) is 11.6. The molecule has 0 fully saturated rings. The standard InChI is InChI=1S/C23H15N7OS/c1-12(31)19-4-5-20(32-19)13-6-7-26-23-14(13)10-17(28-23)22-21-16(29-30-22)3-2-15(27-21)18-11-24-8-9-25-18/h2-11H,1H3,(H,26,28)(H,29,30). The molecule has 2 N–H and O–H groups in total. The van der Waals surface area contributed by atoms with Gasteiger partial charge in [-0.15, -0.1) is 11.3 Å². The van der Waals surface area contributed by atoms with E-state index < -0.39 is 0 Å². The van der Waals surface area contributed by atoms with E-state index in [4.69, 9.17) is 4.98 Å². The van der Waals surface area contributed by atoms with E-state index in [0.29, 0.717) is 11.4 Å². The number of hydrogen-bond donors (Lipinski definition) is 2. The Kier molecular flexibility index (Phi) is 4.15. The molecule has 6 rings (SSSR count). The number of nitrogens with one attached hydrogen (secondary N) is 2. The predicted molar refractivity (Wildman–Crippen MR) is 123 cm³/mol. The van der Waals surface area contributed by atoms with Gasteiger partial charge in [0.2, 0.25) is 0 Å². The number of aromatic nitrogens is 7. The van der Waals surface area contributed by atoms with Crippen LogP contribution < -0.4 is 0 Å². The summed E-state index contributed by atoms with van der Waals surface area (Å²) in [6.07, 6.45) is 6.72. The number of nitrogens with zero attached hydrogens (tertiary/aromatic N) is 5. The molecule has 0 amide bonds. The molecular weight excluding hydrogens is 422 g/mol. The normalized spacial score (nSPS) is 11.4. The molecule has 0 aliphatic heterocycles. The number of Topliss-reactive ketones (excluding diaryl/α,β-unsaturated/α-hetero) is 1. The quantitative estimate of drug-likeness (QED) is 0.380. The van der Waals surface area contributed by atoms with Crippen LogP contribution in [0.25, 0.3) is 55.3 Å². The summed E-state index contributed by atoms with van der Waals surface area (Å²) in [5.41, 5.74) is 6.24. The fraction of sp³-hybridized carbons (Fsp3) is 0.0435. The van der Waals surface area contributed by atoms with Crippen molar-refractivity contribution >= 4 is 39.2 Å². The van der Waals surface area contributed by atoms with Crippen LogP contribution in [-0.4, -0.2) is 40.9 Å². The number of hydrogen-bond acceptors (Lipinski definition) is 7. The van der Waals surface area contributed by atoms with Crippen molar-refractivity contribution in [2.45, 2.75) is 6.92 Å². The minimum absolute atomic E-state index is 0.0642. The van der Waals surface area contributed by atoms with Crippen LogP contribution in [-0.2, 0) is 0 Å². The molecule has 6 aromatic heterocycles. The Bertz CT molecular complexity index is 1610. The van der Waals surface area contributed by atoms with Gasteiger partial charge in [-0.3, -0.25) is 19.9 Å². The largest absolute Gasteiger partial charge is 0.338 e. The second-order valence-corrected chi connectivity index (χ2v) is 8.36. The summed E-state index contributed by atoms with van der Waals surface area (Å²) in [7, 11) is 0. The van der Waals surface area contributed by atoms with Crippen molar-refractivity contribution in [2.24, 2.45) is 0 Å². The summed E-state index contributed by atoms with van der Waals surface area (Å²) >= 11 is 1.48. The van der Waals surface area contributed by atoms with Crippen molar-refractivity contribution in [3.8, 4) is 33.2 Å². The van der Waals surface area contributed by atoms with Crippen molar-refractivity contribution in [3.05, 3.63) is 66.1 Å². The maximum absolute atomic E-state index is 11.7. The lowest BCUT2D eigenvalue weighted by atomic mass is 10.1. The zero-order valence-electron chi connectivity index (χ0n) is 16.8. The number of aromatic amines is 2. The van der Waals surface area contributed by atoms with Crippen LogP contribution in [0.4, 0.5) is 0 Å². The van der Waals surface area contributed by atoms with E-state index in [9.17, 15) is 4.79 Å². The van der Waals surface area contributed by atoms with Crippen molar-refractivity contribution in [1.29, 1.82) is 0 Å². The highest BCUT2D eigenvalue weighted by Crippen LogP contribution is 2.36. The first-order valence-corrected chi connectivity index (χ1v) is 10.7. The lowest BCUT2D eigenvalue weighted by Crippen LogP contribution is -1.89. The Balaban J connectivity index is 1.49. The van der Waals surface area contributed by atoms with E-state index in [1.54, 1.807) is 31.7 Å². The van der Waals surface area contributed by atoms with E-state index in [1.807, 2.05) is 36.4 Å². The molecular formula is C23H15N7OS. The number of H-pyrrole nitrogens is 2. The second-order valence-electron chi connectivity index (χ2n) is 7.28. The topological polar surface area (TPSA) is 113 Å². The van der Waals surface area contributed by atoms with Gasteiger partial charge in [-0.1, -0.05) is 0 Å². The lowest BCUT2D eigenvalue weighted by Gasteiger charge is -1.99. The van der Waals surface area contributed by atoms with E-state index in [2.05, 4.69) is 30.1 Å². The Morgan fingerprint density at radius 1 is 1.00 bits per heavy atom. The maximum atomic E-state index is 11.7.